The first kappa shape index (κ1) is 48.0. The third-order valence-corrected chi connectivity index (χ3v) is 9.17. The molecule has 14 heteroatoms. The molecule has 1 aliphatic rings. The highest BCUT2D eigenvalue weighted by Crippen LogP contribution is 2.26. The van der Waals surface area contributed by atoms with Crippen molar-refractivity contribution in [1.29, 1.82) is 0 Å². The highest BCUT2D eigenvalue weighted by molar-refractivity contribution is 7.80. The highest BCUT2D eigenvalue weighted by Gasteiger charge is 2.48. The molecule has 1 heterocycles. The van der Waals surface area contributed by atoms with Crippen LogP contribution in [0.25, 0.3) is 0 Å². The van der Waals surface area contributed by atoms with Gasteiger partial charge in [-0.3, -0.25) is 9.35 Å². The normalized spacial score (nSPS) is 23.3. The molecule has 1 aliphatic heterocycles. The molecule has 7 N–H and O–H groups in total. The number of aliphatic hydroxyl groups excluding tert-OH is 5. The summed E-state index contributed by atoms with van der Waals surface area (Å²) in [6.45, 7) is 3.07. The van der Waals surface area contributed by atoms with E-state index < -0.39 is 78.5 Å². The Labute approximate surface area is 311 Å². The molecule has 8 atom stereocenters. The maximum atomic E-state index is 12.9. The summed E-state index contributed by atoms with van der Waals surface area (Å²) >= 11 is 0. The van der Waals surface area contributed by atoms with Gasteiger partial charge < -0.3 is 40.3 Å². The second kappa shape index (κ2) is 29.4. The lowest BCUT2D eigenvalue weighted by molar-refractivity contribution is -0.298. The van der Waals surface area contributed by atoms with Crippen LogP contribution in [0.15, 0.2) is 48.6 Å². The quantitative estimate of drug-likeness (QED) is 0.0301. The molecule has 1 amide bonds. The molecular formula is C38H67NO12S. The molecule has 1 saturated heterocycles. The second-order valence-electron chi connectivity index (χ2n) is 13.3. The Kier molecular flexibility index (Phi) is 27.1. The zero-order valence-corrected chi connectivity index (χ0v) is 32.0. The molecule has 8 unspecified atom stereocenters. The number of hydrogen-bond donors (Lipinski definition) is 7. The van der Waals surface area contributed by atoms with E-state index in [-0.39, 0.29) is 6.42 Å². The molecule has 0 bridgehead atoms. The zero-order valence-electron chi connectivity index (χ0n) is 31.2. The molecular weight excluding hydrogens is 694 g/mol. The highest BCUT2D eigenvalue weighted by atomic mass is 32.3. The van der Waals surface area contributed by atoms with Crippen molar-refractivity contribution in [2.24, 2.45) is 0 Å². The first-order valence-corrected chi connectivity index (χ1v) is 20.5. The molecule has 0 radical (unpaired) electrons. The molecule has 0 aromatic heterocycles. The van der Waals surface area contributed by atoms with Crippen molar-refractivity contribution < 1.29 is 57.0 Å². The van der Waals surface area contributed by atoms with Gasteiger partial charge in [0.1, 0.15) is 30.5 Å². The second-order valence-corrected chi connectivity index (χ2v) is 14.3. The van der Waals surface area contributed by atoms with E-state index in [2.05, 4.69) is 41.6 Å². The van der Waals surface area contributed by atoms with Crippen LogP contribution < -0.4 is 5.32 Å². The van der Waals surface area contributed by atoms with Gasteiger partial charge in [0.15, 0.2) is 6.29 Å². The van der Waals surface area contributed by atoms with E-state index in [4.69, 9.17) is 14.0 Å². The molecule has 0 aromatic rings. The Morgan fingerprint density at radius 2 is 1.35 bits per heavy atom. The fourth-order valence-electron chi connectivity index (χ4n) is 5.58. The van der Waals surface area contributed by atoms with Gasteiger partial charge in [-0.15, -0.1) is 0 Å². The minimum absolute atomic E-state index is 0.0245. The van der Waals surface area contributed by atoms with Crippen molar-refractivity contribution in [2.75, 3.05) is 13.2 Å². The van der Waals surface area contributed by atoms with Crippen molar-refractivity contribution in [3.8, 4) is 0 Å². The molecule has 0 aromatic carbocycles. The number of amides is 1. The predicted molar refractivity (Wildman–Crippen MR) is 200 cm³/mol. The minimum Gasteiger partial charge on any atom is -0.394 e. The molecule has 13 nitrogen and oxygen atoms in total. The number of rotatable bonds is 30. The van der Waals surface area contributed by atoms with Crippen molar-refractivity contribution in [1.82, 2.24) is 5.32 Å². The summed E-state index contributed by atoms with van der Waals surface area (Å²) in [4.78, 5) is 12.9. The number of hydrogen-bond acceptors (Lipinski definition) is 11. The molecule has 0 aliphatic carbocycles. The Hall–Kier alpha value is -1.98. The van der Waals surface area contributed by atoms with E-state index in [9.17, 15) is 38.7 Å². The number of allylic oxidation sites excluding steroid dienone is 6. The topological polar surface area (TPSA) is 212 Å². The van der Waals surface area contributed by atoms with Crippen LogP contribution in [-0.2, 0) is 28.9 Å². The van der Waals surface area contributed by atoms with Crippen LogP contribution in [0.2, 0.25) is 0 Å². The summed E-state index contributed by atoms with van der Waals surface area (Å²) in [6, 6.07) is -1.16. The van der Waals surface area contributed by atoms with Gasteiger partial charge in [0.05, 0.1) is 25.4 Å². The largest absolute Gasteiger partial charge is 0.397 e. The first-order chi connectivity index (χ1) is 24.9. The zero-order chi connectivity index (χ0) is 38.6. The number of nitrogens with one attached hydrogen (secondary N) is 1. The standard InChI is InChI=1S/C38H67NO12S/c1-3-5-7-9-11-13-15-17-19-21-23-25-27-32(42)37(45)39-30(31(41)26-24-22-20-18-16-14-12-10-8-6-4-2)29-49-38-35(44)36(51-52(46,47)48)34(43)33(28-40)50-38/h16-19,23-26,30-36,38,40-44H,3-15,20-22,27-29H2,1-2H3,(H,39,45)(H,46,47,48)/b18-16+,19-17-,25-23-,26-24+. The SMILES string of the molecule is CCCCCCC/C=C/CC/C=C/C(O)C(COC1OC(CO)C(O)C(OS(=O)(=O)O)C1O)NC(=O)C(O)C/C=C\C/C=C\CCCCCCCC. The summed E-state index contributed by atoms with van der Waals surface area (Å²) in [6.07, 6.45) is 21.0. The average Bonchev–Trinajstić information content (AvgIpc) is 3.11. The Bertz CT molecular complexity index is 1140. The molecule has 1 fully saturated rings. The van der Waals surface area contributed by atoms with Crippen molar-refractivity contribution in [2.45, 2.75) is 172 Å². The molecule has 0 spiro atoms. The van der Waals surface area contributed by atoms with Crippen molar-refractivity contribution in [3.63, 3.8) is 0 Å². The maximum absolute atomic E-state index is 12.9. The summed E-state index contributed by atoms with van der Waals surface area (Å²) in [5, 5.41) is 54.6. The Balaban J connectivity index is 2.80. The lowest BCUT2D eigenvalue weighted by Gasteiger charge is -2.41. The van der Waals surface area contributed by atoms with Gasteiger partial charge in [0, 0.05) is 6.42 Å². The van der Waals surface area contributed by atoms with Gasteiger partial charge >= 0.3 is 10.4 Å². The van der Waals surface area contributed by atoms with Crippen molar-refractivity contribution in [3.05, 3.63) is 48.6 Å². The fraction of sp³-hybridized carbons (Fsp3) is 0.763. The van der Waals surface area contributed by atoms with Crippen molar-refractivity contribution >= 4 is 16.3 Å². The van der Waals surface area contributed by atoms with Gasteiger partial charge in [0.2, 0.25) is 5.91 Å². The van der Waals surface area contributed by atoms with Gasteiger partial charge in [-0.1, -0.05) is 120 Å². The van der Waals surface area contributed by atoms with Gasteiger partial charge in [-0.25, -0.2) is 4.18 Å². The number of carbonyl (C=O) groups excluding carboxylic acids is 1. The van der Waals surface area contributed by atoms with Crippen LogP contribution in [0, 0.1) is 0 Å². The predicted octanol–water partition coefficient (Wildman–Crippen LogP) is 4.73. The van der Waals surface area contributed by atoms with E-state index in [1.807, 2.05) is 12.2 Å². The molecule has 302 valence electrons. The first-order valence-electron chi connectivity index (χ1n) is 19.1. The fourth-order valence-corrected chi connectivity index (χ4v) is 6.08. The average molecular weight is 762 g/mol. The lowest BCUT2D eigenvalue weighted by Crippen LogP contribution is -2.61. The van der Waals surface area contributed by atoms with Gasteiger partial charge in [0.25, 0.3) is 0 Å². The summed E-state index contributed by atoms with van der Waals surface area (Å²) in [5.41, 5.74) is 0. The lowest BCUT2D eigenvalue weighted by atomic mass is 9.99. The smallest absolute Gasteiger partial charge is 0.394 e. The van der Waals surface area contributed by atoms with Crippen LogP contribution in [-0.4, -0.2) is 107 Å². The van der Waals surface area contributed by atoms with Crippen LogP contribution >= 0.6 is 0 Å². The monoisotopic (exact) mass is 761 g/mol. The Morgan fingerprint density at radius 3 is 1.96 bits per heavy atom. The third-order valence-electron chi connectivity index (χ3n) is 8.70. The van der Waals surface area contributed by atoms with Gasteiger partial charge in [-0.05, 0) is 44.9 Å². The van der Waals surface area contributed by atoms with E-state index in [0.29, 0.717) is 12.8 Å². The van der Waals surface area contributed by atoms with Crippen LogP contribution in [0.1, 0.15) is 123 Å². The third kappa shape index (κ3) is 22.3. The minimum atomic E-state index is -5.12. The van der Waals surface area contributed by atoms with Crippen LogP contribution in [0.4, 0.5) is 0 Å². The number of ether oxygens (including phenoxy) is 2. The van der Waals surface area contributed by atoms with Gasteiger partial charge in [-0.2, -0.15) is 8.42 Å². The summed E-state index contributed by atoms with van der Waals surface area (Å²) in [7, 11) is -5.12. The number of aliphatic hydroxyl groups is 5. The molecule has 1 rings (SSSR count). The van der Waals surface area contributed by atoms with E-state index >= 15 is 0 Å². The number of carbonyl (C=O) groups is 1. The molecule has 52 heavy (non-hydrogen) atoms. The van der Waals surface area contributed by atoms with Crippen LogP contribution in [0.3, 0.4) is 0 Å². The molecule has 0 saturated carbocycles. The summed E-state index contributed by atoms with van der Waals surface area (Å²) < 4.78 is 47.1. The van der Waals surface area contributed by atoms with E-state index in [1.165, 1.54) is 63.9 Å². The Morgan fingerprint density at radius 1 is 0.788 bits per heavy atom. The maximum Gasteiger partial charge on any atom is 0.397 e. The number of unbranched alkanes of at least 4 members (excludes halogenated alkanes) is 12. The van der Waals surface area contributed by atoms with E-state index in [0.717, 1.165) is 32.1 Å². The summed E-state index contributed by atoms with van der Waals surface area (Å²) in [5.74, 6) is -0.785. The van der Waals surface area contributed by atoms with E-state index in [1.54, 1.807) is 12.2 Å². The van der Waals surface area contributed by atoms with Crippen LogP contribution in [0.5, 0.6) is 0 Å².